The van der Waals surface area contributed by atoms with Crippen molar-refractivity contribution in [2.75, 3.05) is 79.3 Å². The highest BCUT2D eigenvalue weighted by molar-refractivity contribution is 5.95. The molecule has 13 heterocycles. The van der Waals surface area contributed by atoms with Crippen molar-refractivity contribution >= 4 is 11.9 Å². The van der Waals surface area contributed by atoms with Crippen molar-refractivity contribution < 1.29 is 317 Å². The van der Waals surface area contributed by atoms with Gasteiger partial charge in [0.05, 0.1) is 91.6 Å². The van der Waals surface area contributed by atoms with Crippen LogP contribution in [0.4, 0.5) is 0 Å². The van der Waals surface area contributed by atoms with E-state index >= 15 is 0 Å². The van der Waals surface area contributed by atoms with E-state index in [1.54, 1.807) is 6.08 Å². The topological polar surface area (TPSA) is 1020 Å². The van der Waals surface area contributed by atoms with Crippen molar-refractivity contribution in [3.63, 3.8) is 0 Å². The van der Waals surface area contributed by atoms with Crippen molar-refractivity contribution in [2.24, 2.45) is 5.92 Å². The zero-order valence-corrected chi connectivity index (χ0v) is 78.7. The molecule has 13 aliphatic heterocycles. The number of carbonyl (C=O) groups is 2. The molecule has 13 saturated heterocycles. The first-order valence-corrected chi connectivity index (χ1v) is 47.9. The third-order valence-corrected chi connectivity index (χ3v) is 27.5. The predicted molar refractivity (Wildman–Crippen MR) is 452 cm³/mol. The third-order valence-electron chi connectivity index (χ3n) is 27.5. The van der Waals surface area contributed by atoms with Gasteiger partial charge in [-0.1, -0.05) is 38.3 Å². The van der Waals surface area contributed by atoms with Gasteiger partial charge in [-0.2, -0.15) is 0 Å². The number of ether oxygens (including phenoxy) is 24. The van der Waals surface area contributed by atoms with Crippen molar-refractivity contribution in [1.82, 2.24) is 0 Å². The van der Waals surface area contributed by atoms with E-state index in [2.05, 4.69) is 11.7 Å². The molecule has 64 nitrogen and oxygen atoms in total. The van der Waals surface area contributed by atoms with Crippen LogP contribution in [0.5, 0.6) is 0 Å². The Labute approximate surface area is 837 Å². The van der Waals surface area contributed by atoms with E-state index in [9.17, 15) is 204 Å². The quantitative estimate of drug-likeness (QED) is 0.0117. The van der Waals surface area contributed by atoms with Crippen molar-refractivity contribution in [3.8, 4) is 0 Å². The second kappa shape index (κ2) is 55.3. The molecule has 148 heavy (non-hydrogen) atoms. The smallest absolute Gasteiger partial charge is 0.321 e. The largest absolute Gasteiger partial charge is 0.394 e. The average Bonchev–Trinajstić information content (AvgIpc) is 0.805. The van der Waals surface area contributed by atoms with Gasteiger partial charge in [-0.15, -0.1) is 0 Å². The molecule has 13 aliphatic rings. The molecule has 0 aromatic carbocycles. The fourth-order valence-electron chi connectivity index (χ4n) is 18.3. The van der Waals surface area contributed by atoms with Gasteiger partial charge in [0.2, 0.25) is 0 Å². The Bertz CT molecular complexity index is 3960. The van der Waals surface area contributed by atoms with Gasteiger partial charge in [-0.3, -0.25) is 9.59 Å². The van der Waals surface area contributed by atoms with Crippen LogP contribution in [0.1, 0.15) is 45.4 Å². The maximum Gasteiger partial charge on any atom is 0.321 e. The van der Waals surface area contributed by atoms with Crippen LogP contribution < -0.4 is 0 Å². The number of carbonyl (C=O) groups excluding carboxylic acids is 2. The molecular formula is C84H140O64. The monoisotopic (exact) mass is 2170 g/mol. The lowest BCUT2D eigenvalue weighted by Crippen LogP contribution is -2.66. The molecule has 64 heteroatoms. The third kappa shape index (κ3) is 28.3. The van der Waals surface area contributed by atoms with E-state index in [1.165, 1.54) is 19.3 Å². The van der Waals surface area contributed by atoms with E-state index in [0.29, 0.717) is 0 Å². The highest BCUT2D eigenvalue weighted by Gasteiger charge is 2.61. The van der Waals surface area contributed by atoms with Crippen LogP contribution in [0, 0.1) is 5.92 Å². The lowest BCUT2D eigenvalue weighted by Gasteiger charge is -2.48. The Morgan fingerprint density at radius 1 is 0.230 bits per heavy atom. The van der Waals surface area contributed by atoms with Crippen LogP contribution in [0.2, 0.25) is 0 Å². The number of allylic oxidation sites excluding steroid dienone is 1. The molecule has 1 unspecified atom stereocenters. The molecule has 0 saturated carbocycles. The van der Waals surface area contributed by atoms with Crippen LogP contribution in [0.3, 0.4) is 0 Å². The van der Waals surface area contributed by atoms with Gasteiger partial charge < -0.3 is 308 Å². The summed E-state index contributed by atoms with van der Waals surface area (Å²) in [5, 5.41) is 413. The minimum atomic E-state index is -2.41. The first kappa shape index (κ1) is 123. The molecule has 0 radical (unpaired) electrons. The number of unbranched alkanes of at least 4 members (excludes halogenated alkanes) is 4. The van der Waals surface area contributed by atoms with Gasteiger partial charge in [0.1, 0.15) is 293 Å². The van der Waals surface area contributed by atoms with E-state index < -0.39 is 460 Å². The Hall–Kier alpha value is -3.56. The normalized spacial score (nSPS) is 50.5. The van der Waals surface area contributed by atoms with Gasteiger partial charge >= 0.3 is 11.9 Å². The van der Waals surface area contributed by atoms with Crippen LogP contribution in [0.25, 0.3) is 0 Å². The molecule has 13 fully saturated rings. The molecule has 61 atom stereocenters. The summed E-state index contributed by atoms with van der Waals surface area (Å²) in [4.78, 5) is 21.8. The maximum absolute atomic E-state index is 12.1. The van der Waals surface area contributed by atoms with E-state index in [4.69, 9.17) is 109 Å². The highest BCUT2D eigenvalue weighted by Crippen LogP contribution is 2.40. The molecule has 0 spiro atoms. The number of cyclic esters (lactones) is 2. The number of aliphatic hydroxyl groups excluding tert-OH is 38. The molecule has 0 amide bonds. The van der Waals surface area contributed by atoms with Gasteiger partial charge in [-0.25, -0.2) is 0 Å². The minimum Gasteiger partial charge on any atom is -0.394 e. The zero-order valence-electron chi connectivity index (χ0n) is 78.7. The molecule has 38 N–H and O–H groups in total. The number of hydrogen-bond donors (Lipinski definition) is 38. The summed E-state index contributed by atoms with van der Waals surface area (Å²) < 4.78 is 134. The van der Waals surface area contributed by atoms with Crippen LogP contribution in [0.15, 0.2) is 12.2 Å². The average molecular weight is 2170 g/mol. The SMILES string of the molecule is CCCCCCC=CC1CC(=O)OC1=O.OC[C@H]1O[C@H](OC[C@H]2O[C@H](O[C@@H]3[C@@H](O)[C@@H](OC[C@H]4O[C@H](OC[C@H]5O[C@H](OC[C@H]6O[C@H](O)[C@H](O)[C@@H](O)[C@@H]6O)[C@H](O)[C@@H](O[C@H]6O[C@H](CO[C@H]7O[C@H](CO)[C@@H](O)[C@H](O[C@H]8O[C@H](CO[C@H]9O[C@H](CO)[C@@H](O)[C@H](O[C@H]%10O[C@H](CO[C@H]%11O[C@H](CO)[C@@H](O)[C@H](O)[C@H]%11O)[C@@H](O)[C@H](O)[C@H]%10O)[C@H]9O)[C@@H](O)[C@H](O)[C@H]8O)[C@H]7O)[C@@H](O)[C@H](O)[C@H]6O)[C@@H]5O)[C@H](O)[C@@H](O)[C@@H]4O)O[C@H](CO)[C@H]3O)[C@H](O)[C@@H](O)[C@@H]2O)[C@H](O)[C@@H](O)[C@@H]1O. The Balaban J connectivity index is 0.00000119. The van der Waals surface area contributed by atoms with Crippen LogP contribution in [-0.4, -0.2) is 654 Å². The van der Waals surface area contributed by atoms with Crippen LogP contribution in [-0.2, 0) is 123 Å². The standard InChI is InChI=1S/C72H122O61.C12H18O3/c73-1-13-25(78)38(91)46(99)62(119-13)111-8-20-29(82)41(94)49(102)69(126-20)130-57-33(86)15(3-75)121-65(53(57)106)115-7-19-28(81)40(93)48(101)64(124-19)113-12-24-36(89)60(56(109)68(125-24)114-6-18-27(80)37(90)45(98)61(110)118-18)133-72-52(105)44(97)32(85)23(129-72)11-117-67-55(108)59(35(88)17(5-77)123-67)132-71-51(104)43(96)31(84)22(128-71)10-116-66-54(107)58(34(87)16(4-76)122-66)131-70-50(103)42(95)30(83)21(127-70)9-112-63-47(100)39(92)26(79)14(2-74)120-63;1-2-3-4-5-6-7-8-10-9-11(13)15-12(10)14/h13-110H,1-12H2;7-8,10H,2-6,9H2,1H3/t13-,14-,15-,16-,17-,18-,19-,20-,21-,22-,23-,24-,25-,26-,27-,28-,29-,30-,31-,32-,33-,34-,35-,36-,37+,38+,39+,40+,41+,42+,43+,44+,45-,46-,47-,48-,49-,50-,51-,52-,53-,54-,55-,56-,57+,58+,59+,60+,61+,62+,63+,64+,65+,66+,67+,68+,69-,70-,71-,72-;/m1./s1. The fraction of sp³-hybridized carbons (Fsp3) is 0.952. The summed E-state index contributed by atoms with van der Waals surface area (Å²) in [5.41, 5.74) is 0. The summed E-state index contributed by atoms with van der Waals surface area (Å²) >= 11 is 0. The van der Waals surface area contributed by atoms with Gasteiger partial charge in [0.15, 0.2) is 75.5 Å². The molecule has 13 rings (SSSR count). The Kier molecular flexibility index (Phi) is 45.9. The lowest BCUT2D eigenvalue weighted by atomic mass is 9.96. The van der Waals surface area contributed by atoms with Crippen molar-refractivity contribution in [1.29, 1.82) is 0 Å². The summed E-state index contributed by atoms with van der Waals surface area (Å²) in [7, 11) is 0. The van der Waals surface area contributed by atoms with Gasteiger partial charge in [0.25, 0.3) is 0 Å². The molecule has 0 aromatic heterocycles. The van der Waals surface area contributed by atoms with Crippen LogP contribution >= 0.6 is 0 Å². The predicted octanol–water partition coefficient (Wildman–Crippen LogP) is -24.6. The second-order valence-electron chi connectivity index (χ2n) is 37.8. The second-order valence-corrected chi connectivity index (χ2v) is 37.8. The fourth-order valence-corrected chi connectivity index (χ4v) is 18.3. The summed E-state index contributed by atoms with van der Waals surface area (Å²) in [6.45, 7) is -9.76. The van der Waals surface area contributed by atoms with E-state index in [1.807, 2.05) is 6.08 Å². The first-order valence-electron chi connectivity index (χ1n) is 47.9. The van der Waals surface area contributed by atoms with Crippen molar-refractivity contribution in [2.45, 2.75) is 414 Å². The Morgan fingerprint density at radius 2 is 0.432 bits per heavy atom. The molecule has 0 aliphatic carbocycles. The number of hydrogen-bond acceptors (Lipinski definition) is 64. The highest BCUT2D eigenvalue weighted by atomic mass is 16.8. The molecular weight excluding hydrogens is 2030 g/mol. The Morgan fingerprint density at radius 3 is 0.676 bits per heavy atom. The maximum atomic E-state index is 12.1. The first-order chi connectivity index (χ1) is 70.1. The molecule has 0 aromatic rings. The van der Waals surface area contributed by atoms with Gasteiger partial charge in [0, 0.05) is 0 Å². The van der Waals surface area contributed by atoms with Crippen molar-refractivity contribution in [3.05, 3.63) is 12.2 Å². The minimum absolute atomic E-state index is 0.213. The zero-order chi connectivity index (χ0) is 108. The molecule has 0 bridgehead atoms. The summed E-state index contributed by atoms with van der Waals surface area (Å²) in [5.74, 6) is -1.13. The van der Waals surface area contributed by atoms with Gasteiger partial charge in [-0.05, 0) is 12.8 Å². The number of aliphatic hydroxyl groups is 38. The van der Waals surface area contributed by atoms with E-state index in [0.717, 1.165) is 12.8 Å². The van der Waals surface area contributed by atoms with E-state index in [-0.39, 0.29) is 12.3 Å². The molecule has 860 valence electrons. The lowest BCUT2D eigenvalue weighted by molar-refractivity contribution is -0.381. The summed E-state index contributed by atoms with van der Waals surface area (Å²) in [6.07, 6.45) is -114. The number of rotatable bonds is 40. The number of esters is 2. The summed E-state index contributed by atoms with van der Waals surface area (Å²) in [6, 6.07) is 0.